The Hall–Kier alpha value is -2.21. The topological polar surface area (TPSA) is 80.8 Å². The summed E-state index contributed by atoms with van der Waals surface area (Å²) in [6.45, 7) is 0. The monoisotopic (exact) mass is 328 g/mol. The fraction of sp³-hybridized carbons (Fsp3) is 0.294. The first-order valence-electron chi connectivity index (χ1n) is 7.76. The van der Waals surface area contributed by atoms with Crippen molar-refractivity contribution in [3.8, 4) is 0 Å². The van der Waals surface area contributed by atoms with E-state index in [-0.39, 0.29) is 11.4 Å². The Morgan fingerprint density at radius 1 is 1.26 bits per heavy atom. The number of aromatic amines is 1. The molecule has 1 aromatic carbocycles. The van der Waals surface area contributed by atoms with Gasteiger partial charge >= 0.3 is 0 Å². The highest BCUT2D eigenvalue weighted by atomic mass is 32.1. The number of hydrogen-bond donors (Lipinski definition) is 5. The predicted octanol–water partition coefficient (Wildman–Crippen LogP) is 3.46. The van der Waals surface area contributed by atoms with Crippen LogP contribution in [0.3, 0.4) is 0 Å². The van der Waals surface area contributed by atoms with Crippen molar-refractivity contribution in [2.45, 2.75) is 36.6 Å². The van der Waals surface area contributed by atoms with Crippen molar-refractivity contribution < 1.29 is 0 Å². The fourth-order valence-corrected chi connectivity index (χ4v) is 3.15. The Labute approximate surface area is 140 Å². The van der Waals surface area contributed by atoms with E-state index in [1.54, 1.807) is 6.20 Å². The van der Waals surface area contributed by atoms with Gasteiger partial charge in [-0.05, 0) is 37.1 Å². The summed E-state index contributed by atoms with van der Waals surface area (Å²) in [4.78, 5) is 15.7. The summed E-state index contributed by atoms with van der Waals surface area (Å²) < 4.78 is 0. The summed E-state index contributed by atoms with van der Waals surface area (Å²) in [6.07, 6.45) is 6.25. The van der Waals surface area contributed by atoms with Gasteiger partial charge in [0.05, 0.1) is 5.69 Å². The molecule has 1 aromatic heterocycles. The lowest BCUT2D eigenvalue weighted by Gasteiger charge is -2.17. The smallest absolute Gasteiger partial charge is 0.261 e. The van der Waals surface area contributed by atoms with Crippen molar-refractivity contribution in [2.24, 2.45) is 0 Å². The molecule has 0 spiro atoms. The molecule has 23 heavy (non-hydrogen) atoms. The van der Waals surface area contributed by atoms with Crippen molar-refractivity contribution in [1.82, 2.24) is 4.98 Å². The van der Waals surface area contributed by atoms with Crippen molar-refractivity contribution in [2.75, 3.05) is 10.6 Å². The number of aromatic nitrogens is 1. The zero-order valence-electron chi connectivity index (χ0n) is 12.7. The maximum Gasteiger partial charge on any atom is 0.261 e. The first kappa shape index (κ1) is 15.7. The number of anilines is 2. The summed E-state index contributed by atoms with van der Waals surface area (Å²) in [7, 11) is 0. The van der Waals surface area contributed by atoms with Crippen LogP contribution in [0.2, 0.25) is 0 Å². The minimum Gasteiger partial charge on any atom is -0.382 e. The maximum absolute atomic E-state index is 12.2. The van der Waals surface area contributed by atoms with Gasteiger partial charge in [-0.3, -0.25) is 10.2 Å². The van der Waals surface area contributed by atoms with Gasteiger partial charge in [-0.1, -0.05) is 18.9 Å². The van der Waals surface area contributed by atoms with Crippen LogP contribution < -0.4 is 16.2 Å². The molecule has 0 bridgehead atoms. The van der Waals surface area contributed by atoms with Crippen molar-refractivity contribution in [3.05, 3.63) is 52.4 Å². The van der Waals surface area contributed by atoms with Crippen LogP contribution in [-0.2, 0) is 0 Å². The van der Waals surface area contributed by atoms with E-state index in [9.17, 15) is 4.79 Å². The number of hydrogen-bond acceptors (Lipinski definition) is 4. The summed E-state index contributed by atoms with van der Waals surface area (Å²) in [5.41, 5.74) is 1.51. The van der Waals surface area contributed by atoms with Gasteiger partial charge in [0, 0.05) is 22.8 Å². The van der Waals surface area contributed by atoms with Crippen LogP contribution in [0.15, 0.2) is 46.2 Å². The third-order valence-corrected chi connectivity index (χ3v) is 4.32. The molecule has 3 rings (SSSR count). The summed E-state index contributed by atoms with van der Waals surface area (Å²) in [5, 5.41) is 14.7. The Balaban J connectivity index is 1.85. The van der Waals surface area contributed by atoms with Crippen LogP contribution >= 0.6 is 12.6 Å². The van der Waals surface area contributed by atoms with Gasteiger partial charge in [0.25, 0.3) is 5.56 Å². The second-order valence-corrected chi connectivity index (χ2v) is 6.29. The molecule has 0 amide bonds. The van der Waals surface area contributed by atoms with E-state index in [1.165, 1.54) is 12.8 Å². The highest BCUT2D eigenvalue weighted by molar-refractivity contribution is 7.80. The molecule has 120 valence electrons. The number of nitrogens with one attached hydrogen (secondary N) is 4. The molecule has 0 atom stereocenters. The first-order chi connectivity index (χ1) is 11.1. The third kappa shape index (κ3) is 3.76. The van der Waals surface area contributed by atoms with E-state index >= 15 is 0 Å². The largest absolute Gasteiger partial charge is 0.382 e. The molecule has 1 heterocycles. The SMILES string of the molecule is N=C(Nc1cccc(S)c1)c1c(NC2CCCC2)cc[nH]c1=O. The van der Waals surface area contributed by atoms with Crippen molar-refractivity contribution in [1.29, 1.82) is 5.41 Å². The van der Waals surface area contributed by atoms with Crippen LogP contribution in [-0.4, -0.2) is 16.9 Å². The van der Waals surface area contributed by atoms with Gasteiger partial charge < -0.3 is 15.6 Å². The van der Waals surface area contributed by atoms with E-state index in [0.717, 1.165) is 23.4 Å². The number of rotatable bonds is 4. The standard InChI is InChI=1S/C17H20N4OS/c18-16(21-12-6-3-7-13(23)10-12)15-14(8-9-19-17(15)22)20-11-4-1-2-5-11/h3,6-11,23H,1-2,4-5H2,(H2,18,21)(H2,19,20,22). The molecule has 6 heteroatoms. The molecule has 0 radical (unpaired) electrons. The Kier molecular flexibility index (Phi) is 4.71. The van der Waals surface area contributed by atoms with Gasteiger partial charge in [-0.15, -0.1) is 12.6 Å². The number of benzene rings is 1. The van der Waals surface area contributed by atoms with Crippen molar-refractivity contribution in [3.63, 3.8) is 0 Å². The minimum atomic E-state index is -0.271. The molecule has 1 aliphatic rings. The molecular formula is C17H20N4OS. The quantitative estimate of drug-likeness (QED) is 0.339. The van der Waals surface area contributed by atoms with Gasteiger partial charge in [0.15, 0.2) is 0 Å². The molecule has 4 N–H and O–H groups in total. The van der Waals surface area contributed by atoms with Crippen LogP contribution in [0, 0.1) is 5.41 Å². The van der Waals surface area contributed by atoms with Gasteiger partial charge in [0.1, 0.15) is 11.4 Å². The van der Waals surface area contributed by atoms with Crippen LogP contribution in [0.4, 0.5) is 11.4 Å². The first-order valence-corrected chi connectivity index (χ1v) is 8.21. The molecule has 2 aromatic rings. The maximum atomic E-state index is 12.2. The number of H-pyrrole nitrogens is 1. The Morgan fingerprint density at radius 3 is 2.78 bits per heavy atom. The zero-order chi connectivity index (χ0) is 16.2. The molecule has 1 saturated carbocycles. The van der Waals surface area contributed by atoms with E-state index in [0.29, 0.717) is 17.3 Å². The predicted molar refractivity (Wildman–Crippen MR) is 97.1 cm³/mol. The van der Waals surface area contributed by atoms with Crippen LogP contribution in [0.25, 0.3) is 0 Å². The fourth-order valence-electron chi connectivity index (χ4n) is 2.93. The summed E-state index contributed by atoms with van der Waals surface area (Å²) in [5.74, 6) is 0.0753. The molecule has 0 saturated heterocycles. The average molecular weight is 328 g/mol. The molecule has 0 unspecified atom stereocenters. The lowest BCUT2D eigenvalue weighted by molar-refractivity contribution is 0.754. The van der Waals surface area contributed by atoms with Crippen LogP contribution in [0.1, 0.15) is 31.2 Å². The molecular weight excluding hydrogens is 308 g/mol. The van der Waals surface area contributed by atoms with Gasteiger partial charge in [-0.25, -0.2) is 0 Å². The lowest BCUT2D eigenvalue weighted by Crippen LogP contribution is -2.27. The number of pyridine rings is 1. The van der Waals surface area contributed by atoms with Crippen LogP contribution in [0.5, 0.6) is 0 Å². The van der Waals surface area contributed by atoms with Crippen molar-refractivity contribution >= 4 is 29.8 Å². The summed E-state index contributed by atoms with van der Waals surface area (Å²) in [6, 6.07) is 9.57. The Bertz CT molecular complexity index is 765. The minimum absolute atomic E-state index is 0.0753. The molecule has 1 aliphatic carbocycles. The van der Waals surface area contributed by atoms with E-state index in [2.05, 4.69) is 28.2 Å². The number of thiol groups is 1. The average Bonchev–Trinajstić information content (AvgIpc) is 3.00. The van der Waals surface area contributed by atoms with E-state index < -0.39 is 0 Å². The highest BCUT2D eigenvalue weighted by Gasteiger charge is 2.19. The van der Waals surface area contributed by atoms with E-state index in [1.807, 2.05) is 30.3 Å². The normalized spacial score (nSPS) is 14.7. The second kappa shape index (κ2) is 6.91. The highest BCUT2D eigenvalue weighted by Crippen LogP contribution is 2.23. The lowest BCUT2D eigenvalue weighted by atomic mass is 10.1. The molecule has 1 fully saturated rings. The second-order valence-electron chi connectivity index (χ2n) is 5.77. The van der Waals surface area contributed by atoms with E-state index in [4.69, 9.17) is 5.41 Å². The summed E-state index contributed by atoms with van der Waals surface area (Å²) >= 11 is 4.29. The van der Waals surface area contributed by atoms with Gasteiger partial charge in [0.2, 0.25) is 0 Å². The number of amidine groups is 1. The Morgan fingerprint density at radius 2 is 2.04 bits per heavy atom. The zero-order valence-corrected chi connectivity index (χ0v) is 13.6. The molecule has 5 nitrogen and oxygen atoms in total. The van der Waals surface area contributed by atoms with Gasteiger partial charge in [-0.2, -0.15) is 0 Å². The third-order valence-electron chi connectivity index (χ3n) is 4.04. The molecule has 0 aliphatic heterocycles.